The van der Waals surface area contributed by atoms with Gasteiger partial charge in [0.1, 0.15) is 12.3 Å². The Balaban J connectivity index is 1.35. The van der Waals surface area contributed by atoms with Crippen LogP contribution in [0.2, 0.25) is 0 Å². The third kappa shape index (κ3) is 2.89. The van der Waals surface area contributed by atoms with Gasteiger partial charge in [0.2, 0.25) is 5.91 Å². The van der Waals surface area contributed by atoms with E-state index in [1.165, 1.54) is 11.3 Å². The third-order valence-corrected chi connectivity index (χ3v) is 6.27. The second kappa shape index (κ2) is 6.81. The molecule has 1 saturated heterocycles. The van der Waals surface area contributed by atoms with Gasteiger partial charge < -0.3 is 15.4 Å². The normalized spacial score (nSPS) is 20.2. The minimum Gasteiger partial charge on any atom is -0.493 e. The summed E-state index contributed by atoms with van der Waals surface area (Å²) in [5.74, 6) is -0.319. The van der Waals surface area contributed by atoms with Gasteiger partial charge in [0, 0.05) is 17.7 Å². The Kier molecular flexibility index (Phi) is 4.21. The fourth-order valence-corrected chi connectivity index (χ4v) is 4.84. The number of hydrogen-bond acceptors (Lipinski definition) is 6. The molecule has 2 aliphatic rings. The molecule has 8 nitrogen and oxygen atoms in total. The highest BCUT2D eigenvalue weighted by Crippen LogP contribution is 2.40. The van der Waals surface area contributed by atoms with Gasteiger partial charge in [0.05, 0.1) is 21.8 Å². The van der Waals surface area contributed by atoms with Crippen LogP contribution in [0.4, 0.5) is 10.5 Å². The zero-order valence-electron chi connectivity index (χ0n) is 16.1. The molecule has 1 unspecified atom stereocenters. The minimum absolute atomic E-state index is 0.303. The first-order chi connectivity index (χ1) is 14.5. The zero-order chi connectivity index (χ0) is 20.9. The van der Waals surface area contributed by atoms with Crippen molar-refractivity contribution >= 4 is 45.1 Å². The summed E-state index contributed by atoms with van der Waals surface area (Å²) < 4.78 is 6.58. The average Bonchev–Trinajstić information content (AvgIpc) is 3.20. The number of urea groups is 1. The van der Waals surface area contributed by atoms with Crippen LogP contribution in [0.25, 0.3) is 10.2 Å². The highest BCUT2D eigenvalue weighted by molar-refractivity contribution is 7.18. The first kappa shape index (κ1) is 18.6. The number of carbonyl (C=O) groups is 3. The summed E-state index contributed by atoms with van der Waals surface area (Å²) in [6, 6.07) is 12.0. The smallest absolute Gasteiger partial charge is 0.325 e. The van der Waals surface area contributed by atoms with Gasteiger partial charge in [-0.1, -0.05) is 18.2 Å². The Morgan fingerprint density at radius 3 is 3.00 bits per heavy atom. The number of para-hydroxylation sites is 1. The molecule has 1 aromatic heterocycles. The largest absolute Gasteiger partial charge is 0.493 e. The predicted molar refractivity (Wildman–Crippen MR) is 111 cm³/mol. The number of ether oxygens (including phenoxy) is 1. The number of aromatic nitrogens is 1. The lowest BCUT2D eigenvalue weighted by atomic mass is 9.84. The SMILES string of the molecule is Cc1nc2ccc(NC(=O)CN3C(=O)NC4(CCOc5ccccc54)C3=O)cc2s1. The number of benzene rings is 2. The molecule has 0 radical (unpaired) electrons. The van der Waals surface area contributed by atoms with Gasteiger partial charge in [-0.05, 0) is 31.2 Å². The lowest BCUT2D eigenvalue weighted by molar-refractivity contribution is -0.135. The van der Waals surface area contributed by atoms with Crippen LogP contribution in [-0.2, 0) is 15.1 Å². The van der Waals surface area contributed by atoms with Crippen molar-refractivity contribution in [2.75, 3.05) is 18.5 Å². The number of hydrogen-bond donors (Lipinski definition) is 2. The highest BCUT2D eigenvalue weighted by Gasteiger charge is 2.55. The summed E-state index contributed by atoms with van der Waals surface area (Å²) in [5.41, 5.74) is 0.883. The van der Waals surface area contributed by atoms with Crippen LogP contribution in [0.5, 0.6) is 5.75 Å². The topological polar surface area (TPSA) is 101 Å². The van der Waals surface area contributed by atoms with Crippen molar-refractivity contribution in [1.29, 1.82) is 0 Å². The lowest BCUT2D eigenvalue weighted by Crippen LogP contribution is -2.48. The van der Waals surface area contributed by atoms with Crippen molar-refractivity contribution in [1.82, 2.24) is 15.2 Å². The number of thiazole rings is 1. The molecule has 0 saturated carbocycles. The van der Waals surface area contributed by atoms with Crippen molar-refractivity contribution in [2.45, 2.75) is 18.9 Å². The van der Waals surface area contributed by atoms with Crippen LogP contribution in [0.15, 0.2) is 42.5 Å². The van der Waals surface area contributed by atoms with Crippen molar-refractivity contribution in [3.05, 3.63) is 53.0 Å². The molecule has 1 spiro atoms. The van der Waals surface area contributed by atoms with E-state index in [1.54, 1.807) is 24.3 Å². The quantitative estimate of drug-likeness (QED) is 0.632. The van der Waals surface area contributed by atoms with Crippen LogP contribution in [0.1, 0.15) is 17.0 Å². The Bertz CT molecular complexity index is 1210. The van der Waals surface area contributed by atoms with E-state index in [0.29, 0.717) is 30.0 Å². The van der Waals surface area contributed by atoms with Gasteiger partial charge in [-0.15, -0.1) is 11.3 Å². The molecule has 1 atom stereocenters. The van der Waals surface area contributed by atoms with Crippen LogP contribution < -0.4 is 15.4 Å². The van der Waals surface area contributed by atoms with Gasteiger partial charge in [-0.3, -0.25) is 14.5 Å². The van der Waals surface area contributed by atoms with Crippen molar-refractivity contribution in [3.63, 3.8) is 0 Å². The molecule has 30 heavy (non-hydrogen) atoms. The summed E-state index contributed by atoms with van der Waals surface area (Å²) in [6.07, 6.45) is 0.314. The number of rotatable bonds is 3. The van der Waals surface area contributed by atoms with E-state index in [2.05, 4.69) is 15.6 Å². The number of carbonyl (C=O) groups excluding carboxylic acids is 3. The first-order valence-corrected chi connectivity index (χ1v) is 10.3. The molecular formula is C21H18N4O4S. The number of imide groups is 1. The molecule has 2 N–H and O–H groups in total. The molecule has 0 bridgehead atoms. The monoisotopic (exact) mass is 422 g/mol. The number of anilines is 1. The maximum atomic E-state index is 13.2. The van der Waals surface area contributed by atoms with Gasteiger partial charge in [0.15, 0.2) is 5.54 Å². The highest BCUT2D eigenvalue weighted by atomic mass is 32.1. The van der Waals surface area contributed by atoms with E-state index in [0.717, 1.165) is 20.1 Å². The summed E-state index contributed by atoms with van der Waals surface area (Å²) >= 11 is 1.53. The average molecular weight is 422 g/mol. The minimum atomic E-state index is -1.19. The number of aryl methyl sites for hydroxylation is 1. The van der Waals surface area contributed by atoms with Crippen LogP contribution in [0.3, 0.4) is 0 Å². The Hall–Kier alpha value is -3.46. The second-order valence-electron chi connectivity index (χ2n) is 7.28. The van der Waals surface area contributed by atoms with Gasteiger partial charge in [0.25, 0.3) is 5.91 Å². The van der Waals surface area contributed by atoms with E-state index >= 15 is 0 Å². The van der Waals surface area contributed by atoms with E-state index in [-0.39, 0.29) is 6.54 Å². The molecule has 5 rings (SSSR count). The molecule has 4 amide bonds. The summed E-state index contributed by atoms with van der Waals surface area (Å²) in [6.45, 7) is 1.86. The maximum Gasteiger partial charge on any atom is 0.325 e. The molecule has 152 valence electrons. The van der Waals surface area contributed by atoms with E-state index in [9.17, 15) is 14.4 Å². The Morgan fingerprint density at radius 1 is 1.30 bits per heavy atom. The fraction of sp³-hybridized carbons (Fsp3) is 0.238. The van der Waals surface area contributed by atoms with Crippen LogP contribution >= 0.6 is 11.3 Å². The predicted octanol–water partition coefficient (Wildman–Crippen LogP) is 2.77. The van der Waals surface area contributed by atoms with Crippen LogP contribution in [-0.4, -0.2) is 40.9 Å². The molecule has 9 heteroatoms. The first-order valence-electron chi connectivity index (χ1n) is 9.50. The number of nitrogens with one attached hydrogen (secondary N) is 2. The fourth-order valence-electron chi connectivity index (χ4n) is 3.98. The summed E-state index contributed by atoms with van der Waals surface area (Å²) in [5, 5.41) is 6.50. The number of nitrogens with zero attached hydrogens (tertiary/aromatic N) is 2. The molecular weight excluding hydrogens is 404 g/mol. The molecule has 1 fully saturated rings. The number of amides is 4. The lowest BCUT2D eigenvalue weighted by Gasteiger charge is -2.33. The van der Waals surface area contributed by atoms with E-state index in [1.807, 2.05) is 25.1 Å². The molecule has 0 aliphatic carbocycles. The Morgan fingerprint density at radius 2 is 2.13 bits per heavy atom. The molecule has 2 aliphatic heterocycles. The summed E-state index contributed by atoms with van der Waals surface area (Å²) in [4.78, 5) is 43.8. The summed E-state index contributed by atoms with van der Waals surface area (Å²) in [7, 11) is 0. The maximum absolute atomic E-state index is 13.2. The van der Waals surface area contributed by atoms with Crippen LogP contribution in [0, 0.1) is 6.92 Å². The van der Waals surface area contributed by atoms with Crippen molar-refractivity contribution in [2.24, 2.45) is 0 Å². The zero-order valence-corrected chi connectivity index (χ0v) is 16.9. The number of fused-ring (bicyclic) bond motifs is 3. The van der Waals surface area contributed by atoms with Gasteiger partial charge in [-0.25, -0.2) is 9.78 Å². The Labute approximate surface area is 175 Å². The van der Waals surface area contributed by atoms with Gasteiger partial charge in [-0.2, -0.15) is 0 Å². The third-order valence-electron chi connectivity index (χ3n) is 5.34. The molecule has 3 heterocycles. The standard InChI is InChI=1S/C21H18N4O4S/c1-12-22-15-7-6-13(10-17(15)30-12)23-18(26)11-25-19(27)21(24-20(25)28)8-9-29-16-5-3-2-4-14(16)21/h2-7,10H,8-9,11H2,1H3,(H,23,26)(H,24,28). The second-order valence-corrected chi connectivity index (χ2v) is 8.52. The van der Waals surface area contributed by atoms with Crippen molar-refractivity contribution in [3.8, 4) is 5.75 Å². The van der Waals surface area contributed by atoms with Crippen molar-refractivity contribution < 1.29 is 19.1 Å². The van der Waals surface area contributed by atoms with E-state index < -0.39 is 23.4 Å². The molecule has 3 aromatic rings. The van der Waals surface area contributed by atoms with E-state index in [4.69, 9.17) is 4.74 Å². The molecule has 2 aromatic carbocycles. The van der Waals surface area contributed by atoms with Gasteiger partial charge >= 0.3 is 6.03 Å².